The van der Waals surface area contributed by atoms with E-state index in [0.717, 1.165) is 29.4 Å². The van der Waals surface area contributed by atoms with Crippen LogP contribution in [0.5, 0.6) is 0 Å². The first-order chi connectivity index (χ1) is 12.7. The second-order valence-electron chi connectivity index (χ2n) is 6.47. The third-order valence-corrected chi connectivity index (χ3v) is 5.40. The summed E-state index contributed by atoms with van der Waals surface area (Å²) < 4.78 is 0. The topological polar surface area (TPSA) is 83.6 Å². The number of fused-ring (bicyclic) bond motifs is 3. The van der Waals surface area contributed by atoms with E-state index in [1.54, 1.807) is 0 Å². The van der Waals surface area contributed by atoms with Crippen LogP contribution in [0.2, 0.25) is 0 Å². The Morgan fingerprint density at radius 3 is 2.92 bits per heavy atom. The summed E-state index contributed by atoms with van der Waals surface area (Å²) in [6.45, 7) is 5.12. The van der Waals surface area contributed by atoms with E-state index in [1.165, 1.54) is 31.0 Å². The number of amides is 1. The first-order valence-electron chi connectivity index (χ1n) is 9.21. The molecule has 0 unspecified atom stereocenters. The molecule has 7 heteroatoms. The van der Waals surface area contributed by atoms with E-state index in [9.17, 15) is 4.79 Å². The summed E-state index contributed by atoms with van der Waals surface area (Å²) in [5.41, 5.74) is 2.45. The van der Waals surface area contributed by atoms with Gasteiger partial charge in [-0.25, -0.2) is 4.98 Å². The van der Waals surface area contributed by atoms with Crippen LogP contribution < -0.4 is 5.32 Å². The second-order valence-corrected chi connectivity index (χ2v) is 7.41. The van der Waals surface area contributed by atoms with E-state index in [4.69, 9.17) is 0 Å². The molecule has 0 bridgehead atoms. The number of carbonyl (C=O) groups is 1. The van der Waals surface area contributed by atoms with Crippen molar-refractivity contribution in [3.8, 4) is 0 Å². The van der Waals surface area contributed by atoms with E-state index >= 15 is 0 Å². The van der Waals surface area contributed by atoms with Gasteiger partial charge in [0, 0.05) is 17.4 Å². The molecule has 0 fully saturated rings. The molecule has 0 spiro atoms. The summed E-state index contributed by atoms with van der Waals surface area (Å²) in [7, 11) is 0. The fourth-order valence-corrected chi connectivity index (χ4v) is 3.57. The minimum absolute atomic E-state index is 0.0188. The van der Waals surface area contributed by atoms with Gasteiger partial charge in [0.15, 0.2) is 5.65 Å². The molecular formula is C19H25N5OS. The molecule has 3 rings (SSSR count). The second kappa shape index (κ2) is 8.98. The van der Waals surface area contributed by atoms with Crippen LogP contribution in [0.1, 0.15) is 39.5 Å². The van der Waals surface area contributed by atoms with Gasteiger partial charge in [-0.05, 0) is 18.4 Å². The van der Waals surface area contributed by atoms with Crippen molar-refractivity contribution >= 4 is 39.7 Å². The fourth-order valence-electron chi connectivity index (χ4n) is 2.95. The van der Waals surface area contributed by atoms with Gasteiger partial charge in [0.1, 0.15) is 5.52 Å². The maximum Gasteiger partial charge on any atom is 0.230 e. The standard InChI is InChI=1S/C19H25N5OS/c1-3-5-8-13(4-2)11-20-16(25)12-26-19-22-18-17(23-24-19)14-9-6-7-10-15(14)21-18/h6-7,9-10,13H,3-5,8,11-12H2,1-2H3,(H,20,25)(H,21,22,24)/t13-/m1/s1. The van der Waals surface area contributed by atoms with Crippen molar-refractivity contribution in [2.45, 2.75) is 44.7 Å². The molecular weight excluding hydrogens is 346 g/mol. The molecule has 0 radical (unpaired) electrons. The number of para-hydroxylation sites is 1. The number of rotatable bonds is 9. The number of nitrogens with one attached hydrogen (secondary N) is 2. The highest BCUT2D eigenvalue weighted by Crippen LogP contribution is 2.23. The number of nitrogens with zero attached hydrogens (tertiary/aromatic N) is 3. The molecule has 2 aromatic heterocycles. The fraction of sp³-hybridized carbons (Fsp3) is 0.474. The molecule has 6 nitrogen and oxygen atoms in total. The lowest BCUT2D eigenvalue weighted by atomic mass is 9.99. The highest BCUT2D eigenvalue weighted by atomic mass is 32.2. The Hall–Kier alpha value is -2.15. The number of carbonyl (C=O) groups excluding carboxylic acids is 1. The number of hydrogen-bond acceptors (Lipinski definition) is 5. The average Bonchev–Trinajstić information content (AvgIpc) is 3.04. The van der Waals surface area contributed by atoms with E-state index in [1.807, 2.05) is 24.3 Å². The van der Waals surface area contributed by atoms with Gasteiger partial charge < -0.3 is 10.3 Å². The maximum atomic E-state index is 12.1. The number of thioether (sulfide) groups is 1. The van der Waals surface area contributed by atoms with Crippen LogP contribution in [-0.4, -0.2) is 38.4 Å². The van der Waals surface area contributed by atoms with E-state index in [0.29, 0.717) is 22.5 Å². The van der Waals surface area contributed by atoms with Crippen molar-refractivity contribution in [2.24, 2.45) is 5.92 Å². The number of hydrogen-bond donors (Lipinski definition) is 2. The summed E-state index contributed by atoms with van der Waals surface area (Å²) in [5, 5.41) is 13.0. The number of aromatic nitrogens is 4. The van der Waals surface area contributed by atoms with Gasteiger partial charge >= 0.3 is 0 Å². The third-order valence-electron chi connectivity index (χ3n) is 4.57. The van der Waals surface area contributed by atoms with Crippen molar-refractivity contribution in [3.05, 3.63) is 24.3 Å². The Morgan fingerprint density at radius 1 is 1.27 bits per heavy atom. The SMILES string of the molecule is CCCC[C@@H](CC)CNC(=O)CSc1nnc2c(n1)[nH]c1ccccc12. The molecule has 26 heavy (non-hydrogen) atoms. The van der Waals surface area contributed by atoms with Crippen molar-refractivity contribution in [1.29, 1.82) is 0 Å². The molecule has 0 saturated carbocycles. The van der Waals surface area contributed by atoms with Crippen molar-refractivity contribution in [1.82, 2.24) is 25.5 Å². The van der Waals surface area contributed by atoms with Crippen LogP contribution in [0.4, 0.5) is 0 Å². The Morgan fingerprint density at radius 2 is 2.12 bits per heavy atom. The maximum absolute atomic E-state index is 12.1. The molecule has 1 amide bonds. The van der Waals surface area contributed by atoms with E-state index in [-0.39, 0.29) is 5.91 Å². The first kappa shape index (κ1) is 18.6. The Kier molecular flexibility index (Phi) is 6.44. The van der Waals surface area contributed by atoms with Crippen LogP contribution >= 0.6 is 11.8 Å². The molecule has 0 aliphatic heterocycles. The predicted molar refractivity (Wildman–Crippen MR) is 106 cm³/mol. The summed E-state index contributed by atoms with van der Waals surface area (Å²) in [6.07, 6.45) is 4.68. The summed E-state index contributed by atoms with van der Waals surface area (Å²) in [6, 6.07) is 7.92. The number of unbranched alkanes of at least 4 members (excludes halogenated alkanes) is 1. The van der Waals surface area contributed by atoms with Gasteiger partial charge in [0.05, 0.1) is 5.75 Å². The smallest absolute Gasteiger partial charge is 0.230 e. The van der Waals surface area contributed by atoms with Crippen LogP contribution in [-0.2, 0) is 4.79 Å². The lowest BCUT2D eigenvalue weighted by molar-refractivity contribution is -0.118. The minimum Gasteiger partial charge on any atom is -0.355 e. The highest BCUT2D eigenvalue weighted by molar-refractivity contribution is 7.99. The van der Waals surface area contributed by atoms with Gasteiger partial charge in [-0.15, -0.1) is 10.2 Å². The average molecular weight is 372 g/mol. The normalized spacial score (nSPS) is 12.5. The largest absolute Gasteiger partial charge is 0.355 e. The number of aromatic amines is 1. The zero-order valence-corrected chi connectivity index (χ0v) is 16.1. The van der Waals surface area contributed by atoms with Crippen molar-refractivity contribution in [2.75, 3.05) is 12.3 Å². The summed E-state index contributed by atoms with van der Waals surface area (Å²) in [4.78, 5) is 19.8. The van der Waals surface area contributed by atoms with Crippen molar-refractivity contribution < 1.29 is 4.79 Å². The van der Waals surface area contributed by atoms with E-state index < -0.39 is 0 Å². The lowest BCUT2D eigenvalue weighted by Gasteiger charge is -2.14. The van der Waals surface area contributed by atoms with Gasteiger partial charge in [0.25, 0.3) is 0 Å². The van der Waals surface area contributed by atoms with Crippen LogP contribution in [0.25, 0.3) is 22.1 Å². The number of benzene rings is 1. The van der Waals surface area contributed by atoms with Gasteiger partial charge in [-0.2, -0.15) is 0 Å². The lowest BCUT2D eigenvalue weighted by Crippen LogP contribution is -2.30. The monoisotopic (exact) mass is 371 g/mol. The molecule has 0 aliphatic rings. The molecule has 0 saturated heterocycles. The molecule has 2 N–H and O–H groups in total. The van der Waals surface area contributed by atoms with Crippen LogP contribution in [0, 0.1) is 5.92 Å². The summed E-state index contributed by atoms with van der Waals surface area (Å²) in [5.74, 6) is 0.882. The van der Waals surface area contributed by atoms with Gasteiger partial charge in [0.2, 0.25) is 11.1 Å². The van der Waals surface area contributed by atoms with Crippen LogP contribution in [0.15, 0.2) is 29.4 Å². The Balaban J connectivity index is 1.55. The first-order valence-corrected chi connectivity index (χ1v) is 10.2. The van der Waals surface area contributed by atoms with E-state index in [2.05, 4.69) is 39.3 Å². The minimum atomic E-state index is 0.0188. The van der Waals surface area contributed by atoms with Crippen LogP contribution in [0.3, 0.4) is 0 Å². The third kappa shape index (κ3) is 4.52. The number of H-pyrrole nitrogens is 1. The molecule has 138 valence electrons. The molecule has 3 aromatic rings. The zero-order chi connectivity index (χ0) is 18.4. The Labute approximate surface area is 157 Å². The Bertz CT molecular complexity index is 879. The highest BCUT2D eigenvalue weighted by Gasteiger charge is 2.12. The zero-order valence-electron chi connectivity index (χ0n) is 15.3. The molecule has 1 aromatic carbocycles. The van der Waals surface area contributed by atoms with Gasteiger partial charge in [-0.3, -0.25) is 4.79 Å². The van der Waals surface area contributed by atoms with Crippen molar-refractivity contribution in [3.63, 3.8) is 0 Å². The quantitative estimate of drug-likeness (QED) is 0.557. The van der Waals surface area contributed by atoms with Gasteiger partial charge in [-0.1, -0.05) is 63.1 Å². The summed E-state index contributed by atoms with van der Waals surface area (Å²) >= 11 is 1.31. The molecule has 0 aliphatic carbocycles. The predicted octanol–water partition coefficient (Wildman–Crippen LogP) is 3.93. The molecule has 1 atom stereocenters. The molecule has 2 heterocycles.